The molecule has 31 heavy (non-hydrogen) atoms. The van der Waals surface area contributed by atoms with Crippen LogP contribution in [-0.2, 0) is 6.18 Å². The smallest absolute Gasteiger partial charge is 0.416 e. The molecule has 0 fully saturated rings. The minimum absolute atomic E-state index is 0.0733. The summed E-state index contributed by atoms with van der Waals surface area (Å²) in [6.45, 7) is 6.47. The highest BCUT2D eigenvalue weighted by Gasteiger charge is 2.30. The zero-order chi connectivity index (χ0) is 22.8. The molecule has 0 N–H and O–H groups in total. The van der Waals surface area contributed by atoms with Crippen LogP contribution >= 0.6 is 23.4 Å². The Balaban J connectivity index is 1.84. The molecule has 0 atom stereocenters. The molecular weight excluding hydrogens is 451 g/mol. The van der Waals surface area contributed by atoms with Crippen molar-refractivity contribution in [2.45, 2.75) is 36.9 Å². The minimum Gasteiger partial charge on any atom is -0.476 e. The molecule has 0 saturated carbocycles. The predicted molar refractivity (Wildman–Crippen MR) is 113 cm³/mol. The third kappa shape index (κ3) is 6.01. The number of ether oxygens (including phenoxy) is 1. The molecule has 0 saturated heterocycles. The van der Waals surface area contributed by atoms with Gasteiger partial charge in [-0.2, -0.15) is 13.2 Å². The first-order chi connectivity index (χ1) is 14.4. The second-order valence-corrected chi connectivity index (χ2v) is 9.33. The molecule has 0 aliphatic rings. The van der Waals surface area contributed by atoms with E-state index in [-0.39, 0.29) is 21.3 Å². The number of aromatic nitrogens is 3. The molecule has 0 radical (unpaired) electrons. The average Bonchev–Trinajstić information content (AvgIpc) is 2.68. The monoisotopic (exact) mass is 469 g/mol. The fraction of sp³-hybridized carbons (Fsp3) is 0.286. The molecule has 10 heteroatoms. The van der Waals surface area contributed by atoms with Gasteiger partial charge in [0.1, 0.15) is 5.02 Å². The van der Waals surface area contributed by atoms with Crippen molar-refractivity contribution in [3.8, 4) is 11.6 Å². The van der Waals surface area contributed by atoms with Crippen LogP contribution in [0.2, 0.25) is 5.02 Å². The van der Waals surface area contributed by atoms with Crippen molar-refractivity contribution in [3.63, 3.8) is 0 Å². The van der Waals surface area contributed by atoms with E-state index in [1.807, 2.05) is 20.8 Å². The molecule has 2 heterocycles. The van der Waals surface area contributed by atoms with Gasteiger partial charge in [0, 0.05) is 17.3 Å². The lowest BCUT2D eigenvalue weighted by Gasteiger charge is -2.19. The Hall–Kier alpha value is -2.52. The number of hydrogen-bond acceptors (Lipinski definition) is 5. The van der Waals surface area contributed by atoms with Gasteiger partial charge in [-0.1, -0.05) is 44.1 Å². The lowest BCUT2D eigenvalue weighted by Crippen LogP contribution is -2.21. The van der Waals surface area contributed by atoms with Gasteiger partial charge in [0.05, 0.1) is 24.1 Å². The number of rotatable bonds is 5. The van der Waals surface area contributed by atoms with Crippen LogP contribution in [0.15, 0.2) is 63.6 Å². The summed E-state index contributed by atoms with van der Waals surface area (Å²) in [5.41, 5.74) is -0.871. The first-order valence-electron chi connectivity index (χ1n) is 9.15. The second-order valence-electron chi connectivity index (χ2n) is 7.86. The van der Waals surface area contributed by atoms with Crippen LogP contribution in [-0.4, -0.2) is 21.1 Å². The second kappa shape index (κ2) is 8.92. The Morgan fingerprint density at radius 2 is 1.81 bits per heavy atom. The summed E-state index contributed by atoms with van der Waals surface area (Å²) in [5, 5.41) is 0.355. The Kier molecular flexibility index (Phi) is 6.66. The zero-order valence-corrected chi connectivity index (χ0v) is 18.5. The average molecular weight is 470 g/mol. The Labute approximate surface area is 186 Å². The van der Waals surface area contributed by atoms with Gasteiger partial charge in [0.2, 0.25) is 5.88 Å². The fourth-order valence-electron chi connectivity index (χ4n) is 2.43. The molecule has 0 unspecified atom stereocenters. The van der Waals surface area contributed by atoms with Crippen molar-refractivity contribution in [1.82, 2.24) is 14.5 Å². The number of halogens is 4. The molecule has 164 valence electrons. The van der Waals surface area contributed by atoms with Crippen LogP contribution in [0.4, 0.5) is 13.2 Å². The topological polar surface area (TPSA) is 57.0 Å². The molecule has 5 nitrogen and oxygen atoms in total. The number of hydrogen-bond donors (Lipinski definition) is 0. The van der Waals surface area contributed by atoms with E-state index in [1.165, 1.54) is 35.3 Å². The van der Waals surface area contributed by atoms with Crippen molar-refractivity contribution in [3.05, 3.63) is 69.9 Å². The van der Waals surface area contributed by atoms with Crippen LogP contribution in [0.3, 0.4) is 0 Å². The first kappa shape index (κ1) is 23.1. The maximum absolute atomic E-state index is 12.9. The van der Waals surface area contributed by atoms with E-state index < -0.39 is 17.3 Å². The molecule has 0 aliphatic carbocycles. The summed E-state index contributed by atoms with van der Waals surface area (Å²) in [6.07, 6.45) is -0.0817. The highest BCUT2D eigenvalue weighted by Crippen LogP contribution is 2.32. The van der Waals surface area contributed by atoms with E-state index in [0.29, 0.717) is 17.2 Å². The summed E-state index contributed by atoms with van der Waals surface area (Å²) in [6, 6.07) is 6.07. The Morgan fingerprint density at radius 3 is 2.39 bits per heavy atom. The maximum atomic E-state index is 12.9. The number of nitrogens with zero attached hydrogens (tertiary/aromatic N) is 3. The third-order valence-corrected chi connectivity index (χ3v) is 5.17. The molecule has 2 aromatic heterocycles. The zero-order valence-electron chi connectivity index (χ0n) is 16.9. The summed E-state index contributed by atoms with van der Waals surface area (Å²) in [7, 11) is 0. The minimum atomic E-state index is -4.42. The van der Waals surface area contributed by atoms with Gasteiger partial charge < -0.3 is 4.74 Å². The summed E-state index contributed by atoms with van der Waals surface area (Å²) < 4.78 is 45.1. The fourth-order valence-corrected chi connectivity index (χ4v) is 3.44. The van der Waals surface area contributed by atoms with Gasteiger partial charge in [-0.15, -0.1) is 0 Å². The van der Waals surface area contributed by atoms with Crippen LogP contribution < -0.4 is 10.3 Å². The lowest BCUT2D eigenvalue weighted by atomic mass is 9.99. The molecule has 0 amide bonds. The van der Waals surface area contributed by atoms with E-state index in [1.54, 1.807) is 6.07 Å². The largest absolute Gasteiger partial charge is 0.476 e. The Bertz CT molecular complexity index is 1130. The van der Waals surface area contributed by atoms with Crippen molar-refractivity contribution < 1.29 is 17.9 Å². The molecule has 3 rings (SSSR count). The highest BCUT2D eigenvalue weighted by molar-refractivity contribution is 7.99. The summed E-state index contributed by atoms with van der Waals surface area (Å²) in [4.78, 5) is 21.6. The molecule has 0 spiro atoms. The lowest BCUT2D eigenvalue weighted by molar-refractivity contribution is -0.137. The van der Waals surface area contributed by atoms with Gasteiger partial charge in [-0.25, -0.2) is 9.97 Å². The van der Waals surface area contributed by atoms with E-state index in [0.717, 1.165) is 23.9 Å². The van der Waals surface area contributed by atoms with Gasteiger partial charge >= 0.3 is 6.18 Å². The van der Waals surface area contributed by atoms with E-state index in [4.69, 9.17) is 16.3 Å². The number of alkyl halides is 3. The van der Waals surface area contributed by atoms with Crippen LogP contribution in [0.1, 0.15) is 26.3 Å². The first-order valence-corrected chi connectivity index (χ1v) is 10.3. The molecular formula is C21H19ClF3N3O2S. The molecule has 0 bridgehead atoms. The standard InChI is InChI=1S/C21H19ClF3N3O2S/c1-20(2,3)12-30-17-16(22)10-14(11-27-17)28-9-8-26-18(19(28)29)31-15-6-4-13(5-7-15)21(23,24)25/h4-11H,12H2,1-3H3. The quantitative estimate of drug-likeness (QED) is 0.467. The Morgan fingerprint density at radius 1 is 1.13 bits per heavy atom. The van der Waals surface area contributed by atoms with Crippen molar-refractivity contribution in [2.24, 2.45) is 5.41 Å². The van der Waals surface area contributed by atoms with Gasteiger partial charge in [-0.05, 0) is 35.7 Å². The predicted octanol–water partition coefficient (Wildman–Crippen LogP) is 5.88. The number of pyridine rings is 1. The highest BCUT2D eigenvalue weighted by atomic mass is 35.5. The number of benzene rings is 1. The third-order valence-electron chi connectivity index (χ3n) is 3.92. The van der Waals surface area contributed by atoms with E-state index in [9.17, 15) is 18.0 Å². The van der Waals surface area contributed by atoms with Gasteiger partial charge in [-0.3, -0.25) is 9.36 Å². The molecule has 3 aromatic rings. The normalized spacial score (nSPS) is 12.1. The SMILES string of the molecule is CC(C)(C)COc1ncc(-n2ccnc(Sc3ccc(C(F)(F)F)cc3)c2=O)cc1Cl. The summed E-state index contributed by atoms with van der Waals surface area (Å²) in [5.74, 6) is 0.266. The van der Waals surface area contributed by atoms with Gasteiger partial charge in [0.25, 0.3) is 5.56 Å². The van der Waals surface area contributed by atoms with Crippen molar-refractivity contribution in [2.75, 3.05) is 6.61 Å². The van der Waals surface area contributed by atoms with E-state index >= 15 is 0 Å². The molecule has 0 aliphatic heterocycles. The van der Waals surface area contributed by atoms with Crippen LogP contribution in [0.5, 0.6) is 5.88 Å². The van der Waals surface area contributed by atoms with Gasteiger partial charge in [0.15, 0.2) is 5.03 Å². The van der Waals surface area contributed by atoms with Crippen molar-refractivity contribution >= 4 is 23.4 Å². The van der Waals surface area contributed by atoms with Crippen LogP contribution in [0.25, 0.3) is 5.69 Å². The summed E-state index contributed by atoms with van der Waals surface area (Å²) >= 11 is 7.24. The van der Waals surface area contributed by atoms with Crippen LogP contribution in [0, 0.1) is 5.41 Å². The van der Waals surface area contributed by atoms with Crippen molar-refractivity contribution in [1.29, 1.82) is 0 Å². The maximum Gasteiger partial charge on any atom is 0.416 e. The molecule has 1 aromatic carbocycles. The van der Waals surface area contributed by atoms with E-state index in [2.05, 4.69) is 9.97 Å².